The second-order valence-electron chi connectivity index (χ2n) is 7.47. The number of rotatable bonds is 5. The van der Waals surface area contributed by atoms with Crippen LogP contribution in [-0.2, 0) is 16.2 Å². The zero-order valence-electron chi connectivity index (χ0n) is 17.2. The van der Waals surface area contributed by atoms with Gasteiger partial charge in [0.25, 0.3) is 0 Å². The van der Waals surface area contributed by atoms with Crippen LogP contribution in [0.2, 0.25) is 0 Å². The molecule has 1 aliphatic heterocycles. The van der Waals surface area contributed by atoms with Gasteiger partial charge in [0.1, 0.15) is 5.75 Å². The molecule has 0 spiro atoms. The first kappa shape index (κ1) is 22.3. The smallest absolute Gasteiger partial charge is 0.417 e. The average Bonchev–Trinajstić information content (AvgIpc) is 3.30. The molecule has 168 valence electrons. The lowest BCUT2D eigenvalue weighted by Crippen LogP contribution is -2.32. The van der Waals surface area contributed by atoms with Gasteiger partial charge < -0.3 is 4.74 Å². The van der Waals surface area contributed by atoms with Gasteiger partial charge in [0, 0.05) is 18.3 Å². The summed E-state index contributed by atoms with van der Waals surface area (Å²) >= 11 is 0. The van der Waals surface area contributed by atoms with Crippen molar-refractivity contribution in [1.29, 1.82) is 0 Å². The fourth-order valence-electron chi connectivity index (χ4n) is 4.11. The Morgan fingerprint density at radius 2 is 1.88 bits per heavy atom. The molecule has 1 atom stereocenters. The number of ether oxygens (including phenoxy) is 1. The third-order valence-corrected chi connectivity index (χ3v) is 7.54. The van der Waals surface area contributed by atoms with Crippen molar-refractivity contribution in [1.82, 2.24) is 9.29 Å². The Hall–Kier alpha value is -2.91. The summed E-state index contributed by atoms with van der Waals surface area (Å²) in [5, 5.41) is 0. The second-order valence-corrected chi connectivity index (χ2v) is 9.33. The van der Waals surface area contributed by atoms with Crippen molar-refractivity contribution < 1.29 is 26.3 Å². The van der Waals surface area contributed by atoms with Gasteiger partial charge in [-0.05, 0) is 48.2 Å². The summed E-state index contributed by atoms with van der Waals surface area (Å²) in [5.41, 5.74) is 1.16. The number of sulfonamides is 1. The van der Waals surface area contributed by atoms with E-state index in [0.717, 1.165) is 23.3 Å². The van der Waals surface area contributed by atoms with Crippen LogP contribution in [0.25, 0.3) is 11.1 Å². The van der Waals surface area contributed by atoms with Crippen LogP contribution in [0.4, 0.5) is 13.2 Å². The van der Waals surface area contributed by atoms with Crippen LogP contribution in [0.3, 0.4) is 0 Å². The maximum Gasteiger partial charge on any atom is 0.417 e. The first-order chi connectivity index (χ1) is 15.2. The fourth-order valence-corrected chi connectivity index (χ4v) is 6.00. The minimum Gasteiger partial charge on any atom is -0.494 e. The molecule has 1 saturated heterocycles. The number of pyridine rings is 1. The molecule has 1 aromatic heterocycles. The Labute approximate surface area is 184 Å². The van der Waals surface area contributed by atoms with Gasteiger partial charge in [0.2, 0.25) is 10.0 Å². The highest BCUT2D eigenvalue weighted by molar-refractivity contribution is 7.89. The lowest BCUT2D eigenvalue weighted by atomic mass is 9.99. The van der Waals surface area contributed by atoms with Crippen molar-refractivity contribution in [2.24, 2.45) is 0 Å². The van der Waals surface area contributed by atoms with E-state index < -0.39 is 32.7 Å². The molecule has 0 bridgehead atoms. The minimum atomic E-state index is -4.77. The summed E-state index contributed by atoms with van der Waals surface area (Å²) in [4.78, 5) is 3.33. The van der Waals surface area contributed by atoms with Gasteiger partial charge in [0.15, 0.2) is 0 Å². The highest BCUT2D eigenvalue weighted by Crippen LogP contribution is 2.41. The van der Waals surface area contributed by atoms with Crippen LogP contribution in [0.15, 0.2) is 71.9 Å². The van der Waals surface area contributed by atoms with Crippen molar-refractivity contribution in [3.8, 4) is 16.9 Å². The van der Waals surface area contributed by atoms with Gasteiger partial charge in [-0.2, -0.15) is 17.5 Å². The quantitative estimate of drug-likeness (QED) is 0.516. The van der Waals surface area contributed by atoms with Gasteiger partial charge in [-0.25, -0.2) is 8.42 Å². The highest BCUT2D eigenvalue weighted by atomic mass is 32.2. The van der Waals surface area contributed by atoms with E-state index in [9.17, 15) is 21.6 Å². The standard InChI is InChI=1S/C23H21F3N2O3S/c1-31-21-15-27-12-11-18(21)16-6-4-7-17(14-16)20-9-5-13-28(20)32(29,30)22-10-3-2-8-19(22)23(24,25)26/h2-4,6-8,10-12,14-15,20H,5,9,13H2,1H3. The molecule has 1 unspecified atom stereocenters. The lowest BCUT2D eigenvalue weighted by Gasteiger charge is -2.26. The molecule has 9 heteroatoms. The number of aromatic nitrogens is 1. The normalized spacial score (nSPS) is 17.4. The number of alkyl halides is 3. The third kappa shape index (κ3) is 4.10. The number of benzene rings is 2. The number of hydrogen-bond acceptors (Lipinski definition) is 4. The molecular weight excluding hydrogens is 441 g/mol. The molecule has 3 aromatic rings. The molecule has 32 heavy (non-hydrogen) atoms. The van der Waals surface area contributed by atoms with E-state index in [1.165, 1.54) is 23.5 Å². The second kappa shape index (κ2) is 8.55. The summed E-state index contributed by atoms with van der Waals surface area (Å²) in [5.74, 6) is 0.569. The molecule has 0 saturated carbocycles. The lowest BCUT2D eigenvalue weighted by molar-refractivity contribution is -0.139. The van der Waals surface area contributed by atoms with E-state index in [-0.39, 0.29) is 6.54 Å². The first-order valence-corrected chi connectivity index (χ1v) is 11.4. The van der Waals surface area contributed by atoms with Gasteiger partial charge in [0.05, 0.1) is 29.8 Å². The Balaban J connectivity index is 1.74. The predicted octanol–water partition coefficient (Wildman–Crippen LogP) is 5.30. The maximum absolute atomic E-state index is 13.5. The van der Waals surface area contributed by atoms with Gasteiger partial charge in [-0.15, -0.1) is 0 Å². The number of methoxy groups -OCH3 is 1. The van der Waals surface area contributed by atoms with Crippen LogP contribution in [0, 0.1) is 0 Å². The van der Waals surface area contributed by atoms with Crippen LogP contribution >= 0.6 is 0 Å². The fraction of sp³-hybridized carbons (Fsp3) is 0.261. The van der Waals surface area contributed by atoms with Gasteiger partial charge in [-0.3, -0.25) is 4.98 Å². The molecule has 4 rings (SSSR count). The Bertz CT molecular complexity index is 1230. The summed E-state index contributed by atoms with van der Waals surface area (Å²) in [6.07, 6.45) is -0.477. The van der Waals surface area contributed by atoms with Crippen molar-refractivity contribution >= 4 is 10.0 Å². The van der Waals surface area contributed by atoms with Gasteiger partial charge in [-0.1, -0.05) is 30.3 Å². The first-order valence-electron chi connectivity index (χ1n) is 10.00. The van der Waals surface area contributed by atoms with Crippen LogP contribution in [0.1, 0.15) is 30.0 Å². The number of hydrogen-bond donors (Lipinski definition) is 0. The topological polar surface area (TPSA) is 59.5 Å². The van der Waals surface area contributed by atoms with Crippen molar-refractivity contribution in [3.63, 3.8) is 0 Å². The SMILES string of the molecule is COc1cnccc1-c1cccc(C2CCCN2S(=O)(=O)c2ccccc2C(F)(F)F)c1. The molecule has 2 aromatic carbocycles. The average molecular weight is 462 g/mol. The molecule has 2 heterocycles. The largest absolute Gasteiger partial charge is 0.494 e. The van der Waals surface area contributed by atoms with Crippen molar-refractivity contribution in [3.05, 3.63) is 78.1 Å². The minimum absolute atomic E-state index is 0.155. The van der Waals surface area contributed by atoms with Gasteiger partial charge >= 0.3 is 6.18 Å². The third-order valence-electron chi connectivity index (χ3n) is 5.57. The summed E-state index contributed by atoms with van der Waals surface area (Å²) < 4.78 is 73.7. The molecule has 0 amide bonds. The van der Waals surface area contributed by atoms with E-state index in [1.807, 2.05) is 12.1 Å². The monoisotopic (exact) mass is 462 g/mol. The van der Waals surface area contributed by atoms with Crippen molar-refractivity contribution in [2.45, 2.75) is 30.0 Å². The molecule has 0 radical (unpaired) electrons. The zero-order chi connectivity index (χ0) is 22.9. The van der Waals surface area contributed by atoms with E-state index in [0.29, 0.717) is 24.2 Å². The van der Waals surface area contributed by atoms with Crippen LogP contribution in [-0.4, -0.2) is 31.4 Å². The van der Waals surface area contributed by atoms with Crippen LogP contribution < -0.4 is 4.74 Å². The molecular formula is C23H21F3N2O3S. The molecule has 0 aliphatic carbocycles. The van der Waals surface area contributed by atoms with E-state index >= 15 is 0 Å². The zero-order valence-corrected chi connectivity index (χ0v) is 18.0. The number of nitrogens with zero attached hydrogens (tertiary/aromatic N) is 2. The summed E-state index contributed by atoms with van der Waals surface area (Å²) in [6.45, 7) is 0.155. The van der Waals surface area contributed by atoms with Crippen LogP contribution in [0.5, 0.6) is 5.75 Å². The predicted molar refractivity (Wildman–Crippen MR) is 114 cm³/mol. The maximum atomic E-state index is 13.5. The molecule has 1 fully saturated rings. The Morgan fingerprint density at radius 1 is 1.09 bits per heavy atom. The summed E-state index contributed by atoms with van der Waals surface area (Å²) in [6, 6.07) is 12.9. The summed E-state index contributed by atoms with van der Waals surface area (Å²) in [7, 11) is -2.83. The Morgan fingerprint density at radius 3 is 2.62 bits per heavy atom. The van der Waals surface area contributed by atoms with E-state index in [1.54, 1.807) is 30.6 Å². The van der Waals surface area contributed by atoms with E-state index in [4.69, 9.17) is 4.74 Å². The molecule has 5 nitrogen and oxygen atoms in total. The number of halogens is 3. The van der Waals surface area contributed by atoms with E-state index in [2.05, 4.69) is 4.98 Å². The highest BCUT2D eigenvalue weighted by Gasteiger charge is 2.42. The molecule has 0 N–H and O–H groups in total. The molecule has 1 aliphatic rings. The van der Waals surface area contributed by atoms with Crippen molar-refractivity contribution in [2.75, 3.05) is 13.7 Å². The Kier molecular flexibility index (Phi) is 5.96.